The van der Waals surface area contributed by atoms with Crippen LogP contribution in [-0.2, 0) is 14.3 Å². The molecule has 0 saturated heterocycles. The van der Waals surface area contributed by atoms with E-state index in [1.165, 1.54) is 12.0 Å². The van der Waals surface area contributed by atoms with E-state index in [0.717, 1.165) is 0 Å². The number of methoxy groups -OCH3 is 1. The first kappa shape index (κ1) is 18.2. The highest BCUT2D eigenvalue weighted by Gasteiger charge is 2.21. The van der Waals surface area contributed by atoms with Gasteiger partial charge in [-0.05, 0) is 20.3 Å². The number of esters is 1. The number of carboxylic acids is 1. The second-order valence-electron chi connectivity index (χ2n) is 4.81. The second kappa shape index (κ2) is 9.17. The number of ether oxygens (including phenoxy) is 1. The van der Waals surface area contributed by atoms with Gasteiger partial charge in [-0.25, -0.2) is 4.79 Å². The fourth-order valence-corrected chi connectivity index (χ4v) is 1.65. The summed E-state index contributed by atoms with van der Waals surface area (Å²) in [6, 6.07) is -0.244. The van der Waals surface area contributed by atoms with E-state index in [1.807, 2.05) is 13.8 Å². The molecule has 116 valence electrons. The van der Waals surface area contributed by atoms with Crippen molar-refractivity contribution < 1.29 is 24.2 Å². The van der Waals surface area contributed by atoms with Crippen LogP contribution in [0.25, 0.3) is 0 Å². The van der Waals surface area contributed by atoms with E-state index in [1.54, 1.807) is 11.9 Å². The summed E-state index contributed by atoms with van der Waals surface area (Å²) in [5.41, 5.74) is 0. The Kier molecular flexibility index (Phi) is 8.35. The normalized spacial score (nSPS) is 10.2. The predicted octanol–water partition coefficient (Wildman–Crippen LogP) is 1.18. The van der Waals surface area contributed by atoms with Gasteiger partial charge in [0.1, 0.15) is 0 Å². The molecule has 1 N–H and O–H groups in total. The zero-order valence-corrected chi connectivity index (χ0v) is 12.6. The van der Waals surface area contributed by atoms with Crippen LogP contribution >= 0.6 is 0 Å². The fourth-order valence-electron chi connectivity index (χ4n) is 1.65. The van der Waals surface area contributed by atoms with Gasteiger partial charge in [0.05, 0.1) is 13.5 Å². The Balaban J connectivity index is 4.39. The zero-order valence-electron chi connectivity index (χ0n) is 12.6. The number of nitrogens with zero attached hydrogens (tertiary/aromatic N) is 2. The van der Waals surface area contributed by atoms with Crippen molar-refractivity contribution in [3.8, 4) is 0 Å². The molecule has 0 saturated carbocycles. The predicted molar refractivity (Wildman–Crippen MR) is 73.4 cm³/mol. The summed E-state index contributed by atoms with van der Waals surface area (Å²) in [6.07, 6.45) is 0.576. The Bertz CT molecular complexity index is 344. The van der Waals surface area contributed by atoms with Crippen molar-refractivity contribution >= 4 is 18.0 Å². The maximum atomic E-state index is 12.2. The van der Waals surface area contributed by atoms with Gasteiger partial charge in [0, 0.05) is 32.6 Å². The van der Waals surface area contributed by atoms with E-state index in [2.05, 4.69) is 4.74 Å². The maximum Gasteiger partial charge on any atom is 0.319 e. The largest absolute Gasteiger partial charge is 0.481 e. The number of hydrogen-bond acceptors (Lipinski definition) is 4. The number of carbonyl (C=O) groups is 3. The molecule has 0 aromatic heterocycles. The summed E-state index contributed by atoms with van der Waals surface area (Å²) < 4.78 is 4.52. The molecule has 7 heteroatoms. The molecule has 0 heterocycles. The molecule has 7 nitrogen and oxygen atoms in total. The Labute approximate surface area is 119 Å². The van der Waals surface area contributed by atoms with E-state index < -0.39 is 5.97 Å². The molecule has 0 rings (SSSR count). The number of amides is 2. The minimum absolute atomic E-state index is 0.0301. The Morgan fingerprint density at radius 3 is 2.20 bits per heavy atom. The number of aliphatic carboxylic acids is 1. The third-order valence-electron chi connectivity index (χ3n) is 2.86. The molecular formula is C13H24N2O5. The van der Waals surface area contributed by atoms with Crippen molar-refractivity contribution in [1.82, 2.24) is 9.80 Å². The van der Waals surface area contributed by atoms with Crippen LogP contribution in [0.3, 0.4) is 0 Å². The molecule has 20 heavy (non-hydrogen) atoms. The first-order valence-corrected chi connectivity index (χ1v) is 6.60. The van der Waals surface area contributed by atoms with Crippen molar-refractivity contribution in [3.05, 3.63) is 0 Å². The van der Waals surface area contributed by atoms with Crippen LogP contribution in [0.5, 0.6) is 0 Å². The van der Waals surface area contributed by atoms with E-state index in [-0.39, 0.29) is 37.4 Å². The van der Waals surface area contributed by atoms with Crippen molar-refractivity contribution in [3.63, 3.8) is 0 Å². The molecule has 0 fully saturated rings. The van der Waals surface area contributed by atoms with Crippen molar-refractivity contribution in [2.24, 2.45) is 0 Å². The van der Waals surface area contributed by atoms with Gasteiger partial charge < -0.3 is 19.6 Å². The van der Waals surface area contributed by atoms with Crippen LogP contribution in [0.4, 0.5) is 4.79 Å². The molecule has 0 bridgehead atoms. The number of rotatable bonds is 8. The minimum Gasteiger partial charge on any atom is -0.481 e. The average molecular weight is 288 g/mol. The first-order chi connectivity index (χ1) is 9.29. The average Bonchev–Trinajstić information content (AvgIpc) is 2.38. The lowest BCUT2D eigenvalue weighted by Crippen LogP contribution is -2.46. The van der Waals surface area contributed by atoms with Crippen LogP contribution in [-0.4, -0.2) is 66.2 Å². The molecule has 2 amide bonds. The highest BCUT2D eigenvalue weighted by Crippen LogP contribution is 2.07. The molecule has 0 unspecified atom stereocenters. The summed E-state index contributed by atoms with van der Waals surface area (Å²) in [5.74, 6) is -1.24. The van der Waals surface area contributed by atoms with E-state index in [9.17, 15) is 14.4 Å². The highest BCUT2D eigenvalue weighted by molar-refractivity contribution is 5.76. The molecule has 0 atom stereocenters. The summed E-state index contributed by atoms with van der Waals surface area (Å²) >= 11 is 0. The molecule has 0 aromatic carbocycles. The number of urea groups is 1. The van der Waals surface area contributed by atoms with E-state index in [4.69, 9.17) is 5.11 Å². The quantitative estimate of drug-likeness (QED) is 0.678. The van der Waals surface area contributed by atoms with Crippen LogP contribution < -0.4 is 0 Å². The lowest BCUT2D eigenvalue weighted by Gasteiger charge is -2.31. The van der Waals surface area contributed by atoms with Gasteiger partial charge in [-0.1, -0.05) is 0 Å². The van der Waals surface area contributed by atoms with Gasteiger partial charge >= 0.3 is 18.0 Å². The minimum atomic E-state index is -0.875. The maximum absolute atomic E-state index is 12.2. The SMILES string of the molecule is COC(=O)CCN(C)C(=O)N(CCCC(=O)O)C(C)C. The molecular weight excluding hydrogens is 264 g/mol. The summed E-state index contributed by atoms with van der Waals surface area (Å²) in [4.78, 5) is 36.8. The third kappa shape index (κ3) is 6.96. The lowest BCUT2D eigenvalue weighted by atomic mass is 10.2. The van der Waals surface area contributed by atoms with Gasteiger partial charge in [-0.2, -0.15) is 0 Å². The molecule has 0 aliphatic heterocycles. The summed E-state index contributed by atoms with van der Waals surface area (Å²) in [7, 11) is 2.91. The van der Waals surface area contributed by atoms with Crippen LogP contribution in [0, 0.1) is 0 Å². The molecule has 0 aromatic rings. The summed E-state index contributed by atoms with van der Waals surface area (Å²) in [5, 5.41) is 8.62. The van der Waals surface area contributed by atoms with Gasteiger partial charge in [0.15, 0.2) is 0 Å². The van der Waals surface area contributed by atoms with Crippen LogP contribution in [0.1, 0.15) is 33.1 Å². The van der Waals surface area contributed by atoms with Crippen LogP contribution in [0.2, 0.25) is 0 Å². The first-order valence-electron chi connectivity index (χ1n) is 6.60. The number of carboxylic acid groups (broad SMARTS) is 1. The van der Waals surface area contributed by atoms with Gasteiger partial charge in [0.2, 0.25) is 0 Å². The zero-order chi connectivity index (χ0) is 15.7. The molecule has 0 spiro atoms. The third-order valence-corrected chi connectivity index (χ3v) is 2.86. The Hall–Kier alpha value is -1.79. The topological polar surface area (TPSA) is 87.2 Å². The molecule has 0 aliphatic carbocycles. The monoisotopic (exact) mass is 288 g/mol. The van der Waals surface area contributed by atoms with Crippen molar-refractivity contribution in [2.45, 2.75) is 39.2 Å². The lowest BCUT2D eigenvalue weighted by molar-refractivity contribution is -0.141. The van der Waals surface area contributed by atoms with Gasteiger partial charge in [-0.3, -0.25) is 9.59 Å². The standard InChI is InChI=1S/C13H24N2O5/c1-10(2)15(8-5-6-11(16)17)13(19)14(3)9-7-12(18)20-4/h10H,5-9H2,1-4H3,(H,16,17). The fraction of sp³-hybridized carbons (Fsp3) is 0.769. The Morgan fingerprint density at radius 1 is 1.15 bits per heavy atom. The van der Waals surface area contributed by atoms with Gasteiger partial charge in [-0.15, -0.1) is 0 Å². The van der Waals surface area contributed by atoms with Crippen molar-refractivity contribution in [1.29, 1.82) is 0 Å². The Morgan fingerprint density at radius 2 is 1.75 bits per heavy atom. The number of hydrogen-bond donors (Lipinski definition) is 1. The molecule has 0 aliphatic rings. The van der Waals surface area contributed by atoms with Crippen LogP contribution in [0.15, 0.2) is 0 Å². The van der Waals surface area contributed by atoms with Crippen molar-refractivity contribution in [2.75, 3.05) is 27.2 Å². The van der Waals surface area contributed by atoms with Gasteiger partial charge in [0.25, 0.3) is 0 Å². The van der Waals surface area contributed by atoms with E-state index in [0.29, 0.717) is 13.0 Å². The summed E-state index contributed by atoms with van der Waals surface area (Å²) in [6.45, 7) is 4.39. The second-order valence-corrected chi connectivity index (χ2v) is 4.81. The number of carbonyl (C=O) groups excluding carboxylic acids is 2. The molecule has 0 radical (unpaired) electrons. The van der Waals surface area contributed by atoms with E-state index >= 15 is 0 Å². The highest BCUT2D eigenvalue weighted by atomic mass is 16.5. The smallest absolute Gasteiger partial charge is 0.319 e.